The zero-order valence-electron chi connectivity index (χ0n) is 18.5. The van der Waals surface area contributed by atoms with Crippen LogP contribution in [0.15, 0.2) is 29.5 Å². The predicted octanol–water partition coefficient (Wildman–Crippen LogP) is 4.43. The highest BCUT2D eigenvalue weighted by atomic mass is 31.2. The first kappa shape index (κ1) is 29.3. The fourth-order valence-electron chi connectivity index (χ4n) is 2.05. The second-order valence-corrected chi connectivity index (χ2v) is 8.29. The summed E-state index contributed by atoms with van der Waals surface area (Å²) in [6.45, 7) is 8.86. The number of amides is 1. The third-order valence-corrected chi connectivity index (χ3v) is 5.13. The Morgan fingerprint density at radius 3 is 2.42 bits per heavy atom. The van der Waals surface area contributed by atoms with E-state index in [9.17, 15) is 22.5 Å². The highest BCUT2D eigenvalue weighted by Crippen LogP contribution is 2.53. The van der Waals surface area contributed by atoms with Gasteiger partial charge in [-0.15, -0.1) is 0 Å². The lowest BCUT2D eigenvalue weighted by molar-refractivity contribution is -0.131. The normalized spacial score (nSPS) is 16.7. The molecule has 0 heterocycles. The van der Waals surface area contributed by atoms with Crippen molar-refractivity contribution in [3.63, 3.8) is 0 Å². The number of carbonyl (C=O) groups is 1. The number of allylic oxidation sites excluding steroid dienone is 3. The van der Waals surface area contributed by atoms with E-state index in [0.29, 0.717) is 13.0 Å². The van der Waals surface area contributed by atoms with E-state index in [1.165, 1.54) is 13.0 Å². The number of ether oxygens (including phenoxy) is 1. The lowest BCUT2D eigenvalue weighted by Crippen LogP contribution is -2.40. The van der Waals surface area contributed by atoms with Gasteiger partial charge >= 0.3 is 14.0 Å². The molecule has 3 atom stereocenters. The van der Waals surface area contributed by atoms with E-state index in [-0.39, 0.29) is 18.5 Å². The molecule has 0 aromatic carbocycles. The van der Waals surface area contributed by atoms with Gasteiger partial charge in [0.05, 0.1) is 18.9 Å². The minimum atomic E-state index is -4.52. The first-order valence-corrected chi connectivity index (χ1v) is 11.2. The molecule has 31 heavy (non-hydrogen) atoms. The summed E-state index contributed by atoms with van der Waals surface area (Å²) >= 11 is 0. The van der Waals surface area contributed by atoms with Crippen molar-refractivity contribution in [2.45, 2.75) is 52.5 Å². The number of carbonyl (C=O) groups excluding carboxylic acids is 1. The van der Waals surface area contributed by atoms with Gasteiger partial charge in [-0.2, -0.15) is 13.2 Å². The van der Waals surface area contributed by atoms with E-state index < -0.39 is 38.5 Å². The van der Waals surface area contributed by atoms with Crippen LogP contribution in [0.4, 0.5) is 13.2 Å². The van der Waals surface area contributed by atoms with Gasteiger partial charge in [-0.25, -0.2) is 4.57 Å². The molecule has 0 aliphatic rings. The molecule has 1 amide bonds. The molecule has 0 rings (SSSR count). The van der Waals surface area contributed by atoms with Crippen LogP contribution in [0.3, 0.4) is 0 Å². The maximum atomic E-state index is 13.1. The summed E-state index contributed by atoms with van der Waals surface area (Å²) < 4.78 is 70.9. The van der Waals surface area contributed by atoms with Crippen LogP contribution in [-0.2, 0) is 27.7 Å². The van der Waals surface area contributed by atoms with Crippen molar-refractivity contribution in [1.29, 1.82) is 0 Å². The molecular weight excluding hydrogens is 440 g/mol. The summed E-state index contributed by atoms with van der Waals surface area (Å²) in [4.78, 5) is 15.7. The summed E-state index contributed by atoms with van der Waals surface area (Å²) in [6, 6.07) is 0. The number of aliphatic imine (C=N–C) groups is 1. The maximum Gasteiger partial charge on any atom is 0.530 e. The summed E-state index contributed by atoms with van der Waals surface area (Å²) in [5, 5.41) is 2.67. The first-order chi connectivity index (χ1) is 14.4. The van der Waals surface area contributed by atoms with E-state index in [0.717, 1.165) is 12.3 Å². The molecule has 0 spiro atoms. The average Bonchev–Trinajstić information content (AvgIpc) is 2.65. The molecule has 2 unspecified atom stereocenters. The van der Waals surface area contributed by atoms with Crippen molar-refractivity contribution in [3.05, 3.63) is 24.5 Å². The smallest absolute Gasteiger partial charge is 0.402 e. The van der Waals surface area contributed by atoms with Gasteiger partial charge < -0.3 is 14.6 Å². The third kappa shape index (κ3) is 13.4. The van der Waals surface area contributed by atoms with Gasteiger partial charge in [0, 0.05) is 13.7 Å². The Morgan fingerprint density at radius 1 is 1.29 bits per heavy atom. The quantitative estimate of drug-likeness (QED) is 0.164. The molecule has 1 N–H and O–H groups in total. The van der Waals surface area contributed by atoms with Crippen LogP contribution in [0.5, 0.6) is 0 Å². The van der Waals surface area contributed by atoms with Crippen LogP contribution in [0.1, 0.15) is 34.1 Å². The first-order valence-electron chi connectivity index (χ1n) is 9.69. The number of nitrogens with zero attached hydrogens (tertiary/aromatic N) is 1. The number of phosphoric acid groups is 1. The number of hydrogen-bond donors (Lipinski definition) is 1. The Hall–Kier alpha value is -1.68. The molecule has 0 radical (unpaired) electrons. The second-order valence-electron chi connectivity index (χ2n) is 6.74. The van der Waals surface area contributed by atoms with Crippen LogP contribution in [0.25, 0.3) is 0 Å². The van der Waals surface area contributed by atoms with Crippen molar-refractivity contribution in [1.82, 2.24) is 5.32 Å². The molecule has 0 aromatic heterocycles. The number of rotatable bonds is 15. The van der Waals surface area contributed by atoms with E-state index in [1.54, 1.807) is 21.0 Å². The van der Waals surface area contributed by atoms with E-state index in [2.05, 4.69) is 16.9 Å². The topological polar surface area (TPSA) is 95.5 Å². The fourth-order valence-corrected chi connectivity index (χ4v) is 3.50. The average molecular weight is 472 g/mol. The molecular formula is C19H32F3N2O6P. The molecule has 0 aliphatic carbocycles. The third-order valence-electron chi connectivity index (χ3n) is 3.63. The number of hydrogen-bond acceptors (Lipinski definition) is 7. The molecule has 0 saturated heterocycles. The molecule has 12 heteroatoms. The predicted molar refractivity (Wildman–Crippen MR) is 112 cm³/mol. The van der Waals surface area contributed by atoms with Crippen molar-refractivity contribution in [3.8, 4) is 0 Å². The highest BCUT2D eigenvalue weighted by molar-refractivity contribution is 7.48. The molecule has 0 bridgehead atoms. The zero-order chi connectivity index (χ0) is 24.1. The van der Waals surface area contributed by atoms with E-state index >= 15 is 0 Å². The molecule has 8 nitrogen and oxygen atoms in total. The van der Waals surface area contributed by atoms with Crippen molar-refractivity contribution in [2.75, 3.05) is 26.8 Å². The largest absolute Gasteiger partial charge is 0.530 e. The summed E-state index contributed by atoms with van der Waals surface area (Å²) in [5.74, 6) is -1.28. The van der Waals surface area contributed by atoms with Gasteiger partial charge in [-0.3, -0.25) is 18.8 Å². The number of phosphoric ester groups is 1. The van der Waals surface area contributed by atoms with Crippen molar-refractivity contribution in [2.24, 2.45) is 10.9 Å². The van der Waals surface area contributed by atoms with Gasteiger partial charge in [0.15, 0.2) is 6.10 Å². The Morgan fingerprint density at radius 2 is 1.94 bits per heavy atom. The van der Waals surface area contributed by atoms with Crippen LogP contribution in [0.2, 0.25) is 0 Å². The minimum absolute atomic E-state index is 0.0702. The zero-order valence-corrected chi connectivity index (χ0v) is 19.4. The Balaban J connectivity index is 5.42. The van der Waals surface area contributed by atoms with Gasteiger partial charge in [-0.05, 0) is 32.3 Å². The highest BCUT2D eigenvalue weighted by Gasteiger charge is 2.37. The fraction of sp³-hybridized carbons (Fsp3) is 0.684. The van der Waals surface area contributed by atoms with Crippen molar-refractivity contribution < 1.29 is 40.8 Å². The van der Waals surface area contributed by atoms with Crippen LogP contribution >= 0.6 is 7.82 Å². The lowest BCUT2D eigenvalue weighted by Gasteiger charge is -2.26. The maximum absolute atomic E-state index is 13.1. The summed E-state index contributed by atoms with van der Waals surface area (Å²) in [7, 11) is -2.83. The summed E-state index contributed by atoms with van der Waals surface area (Å²) in [5.41, 5.74) is 0. The second kappa shape index (κ2) is 14.4. The van der Waals surface area contributed by atoms with Gasteiger partial charge in [0.25, 0.3) is 0 Å². The SMILES string of the molecule is C=C/C=C(\C=NCC(F)(F)F)OP(=O)(OCC)O[C@@H](C(=O)NCCC(C)OC)C(C)C. The number of halogens is 3. The van der Waals surface area contributed by atoms with Crippen LogP contribution < -0.4 is 5.32 Å². The Labute approximate surface area is 181 Å². The number of nitrogens with one attached hydrogen (secondary N) is 1. The monoisotopic (exact) mass is 472 g/mol. The van der Waals surface area contributed by atoms with Crippen molar-refractivity contribution >= 4 is 19.9 Å². The molecule has 0 aromatic rings. The lowest BCUT2D eigenvalue weighted by atomic mass is 10.1. The van der Waals surface area contributed by atoms with E-state index in [4.69, 9.17) is 18.3 Å². The minimum Gasteiger partial charge on any atom is -0.402 e. The Kier molecular flexibility index (Phi) is 13.6. The number of alkyl halides is 3. The van der Waals surface area contributed by atoms with E-state index in [1.807, 2.05) is 6.92 Å². The van der Waals surface area contributed by atoms with Gasteiger partial charge in [0.2, 0.25) is 5.91 Å². The van der Waals surface area contributed by atoms with Gasteiger partial charge in [-0.1, -0.05) is 26.5 Å². The molecule has 0 fully saturated rings. The number of methoxy groups -OCH3 is 1. The van der Waals surface area contributed by atoms with Gasteiger partial charge in [0.1, 0.15) is 12.3 Å². The molecule has 0 saturated carbocycles. The summed E-state index contributed by atoms with van der Waals surface area (Å²) in [6.07, 6.45) is -2.15. The van der Waals surface area contributed by atoms with Crippen LogP contribution in [0, 0.1) is 5.92 Å². The molecule has 0 aliphatic heterocycles. The Bertz CT molecular complexity index is 668. The standard InChI is InChI=1S/C19H32F3N2O6P/c1-7-9-16(12-23-13-19(20,21)22)29-31(26,28-8-2)30-17(14(3)4)18(25)24-11-10-15(5)27-6/h7,9,12,14-15,17H,1,8,10-11,13H2,2-6H3,(H,24,25)/b16-9+,23-12?/t15?,17-,31?/m1/s1. The molecule has 180 valence electrons. The van der Waals surface area contributed by atoms with Crippen LogP contribution in [-0.4, -0.2) is 57.3 Å².